The number of nitrogens with one attached hydrogen (secondary N) is 1. The predicted molar refractivity (Wildman–Crippen MR) is 76.4 cm³/mol. The first-order valence-corrected chi connectivity index (χ1v) is 6.91. The lowest BCUT2D eigenvalue weighted by molar-refractivity contribution is 0.405. The van der Waals surface area contributed by atoms with E-state index >= 15 is 0 Å². The van der Waals surface area contributed by atoms with Gasteiger partial charge in [-0.05, 0) is 49.8 Å². The van der Waals surface area contributed by atoms with Crippen LogP contribution in [0.1, 0.15) is 44.7 Å². The van der Waals surface area contributed by atoms with Crippen LogP contribution in [-0.2, 0) is 6.42 Å². The highest BCUT2D eigenvalue weighted by Crippen LogP contribution is 2.14. The molecule has 0 amide bonds. The minimum Gasteiger partial charge on any atom is -0.314 e. The fourth-order valence-corrected chi connectivity index (χ4v) is 2.38. The fourth-order valence-electron chi connectivity index (χ4n) is 2.38. The summed E-state index contributed by atoms with van der Waals surface area (Å²) in [6.07, 6.45) is 3.72. The third-order valence-electron chi connectivity index (χ3n) is 3.27. The van der Waals surface area contributed by atoms with Crippen molar-refractivity contribution in [2.75, 3.05) is 6.54 Å². The molecule has 0 saturated heterocycles. The first-order valence-electron chi connectivity index (χ1n) is 6.91. The zero-order valence-electron chi connectivity index (χ0n) is 11.8. The van der Waals surface area contributed by atoms with Crippen molar-refractivity contribution < 1.29 is 0 Å². The van der Waals surface area contributed by atoms with Gasteiger partial charge in [-0.15, -0.1) is 0 Å². The lowest BCUT2D eigenvalue weighted by Gasteiger charge is -2.20. The van der Waals surface area contributed by atoms with Gasteiger partial charge in [-0.3, -0.25) is 0 Å². The molecule has 1 rings (SSSR count). The first kappa shape index (κ1) is 14.2. The first-order chi connectivity index (χ1) is 8.13. The van der Waals surface area contributed by atoms with E-state index < -0.39 is 0 Å². The van der Waals surface area contributed by atoms with E-state index in [4.69, 9.17) is 0 Å². The van der Waals surface area contributed by atoms with Crippen LogP contribution >= 0.6 is 0 Å². The molecule has 96 valence electrons. The zero-order valence-corrected chi connectivity index (χ0v) is 11.8. The molecule has 0 aliphatic rings. The summed E-state index contributed by atoms with van der Waals surface area (Å²) in [5.41, 5.74) is 2.92. The van der Waals surface area contributed by atoms with E-state index in [1.165, 1.54) is 30.4 Å². The maximum atomic E-state index is 3.60. The topological polar surface area (TPSA) is 12.0 Å². The Morgan fingerprint density at radius 3 is 2.47 bits per heavy atom. The minimum atomic E-state index is 0.666. The van der Waals surface area contributed by atoms with Crippen molar-refractivity contribution in [3.63, 3.8) is 0 Å². The molecule has 0 heterocycles. The molecule has 0 aliphatic heterocycles. The molecular formula is C16H27N. The molecule has 0 spiro atoms. The van der Waals surface area contributed by atoms with E-state index in [0.29, 0.717) is 6.04 Å². The molecule has 1 aromatic rings. The van der Waals surface area contributed by atoms with Gasteiger partial charge in [0.05, 0.1) is 0 Å². The van der Waals surface area contributed by atoms with Crippen molar-refractivity contribution in [3.8, 4) is 0 Å². The summed E-state index contributed by atoms with van der Waals surface area (Å²) in [5.74, 6) is 0.774. The Balaban J connectivity index is 2.48. The van der Waals surface area contributed by atoms with Gasteiger partial charge >= 0.3 is 0 Å². The number of hydrogen-bond donors (Lipinski definition) is 1. The fraction of sp³-hybridized carbons (Fsp3) is 0.625. The van der Waals surface area contributed by atoms with Crippen LogP contribution in [0, 0.1) is 12.8 Å². The highest BCUT2D eigenvalue weighted by atomic mass is 14.9. The number of hydrogen-bond acceptors (Lipinski definition) is 1. The molecule has 1 nitrogen and oxygen atoms in total. The average molecular weight is 233 g/mol. The summed E-state index contributed by atoms with van der Waals surface area (Å²) in [6, 6.07) is 9.40. The van der Waals surface area contributed by atoms with Crippen molar-refractivity contribution in [1.82, 2.24) is 5.32 Å². The molecule has 17 heavy (non-hydrogen) atoms. The van der Waals surface area contributed by atoms with E-state index in [-0.39, 0.29) is 0 Å². The summed E-state index contributed by atoms with van der Waals surface area (Å²) in [4.78, 5) is 0. The standard InChI is InChI=1S/C16H27N/c1-5-17-16(12-13(2)3)11-10-15-9-7-6-8-14(15)4/h6-9,13,16-17H,5,10-12H2,1-4H3. The van der Waals surface area contributed by atoms with Gasteiger partial charge in [-0.1, -0.05) is 45.0 Å². The van der Waals surface area contributed by atoms with Crippen LogP contribution in [-0.4, -0.2) is 12.6 Å². The summed E-state index contributed by atoms with van der Waals surface area (Å²) in [7, 11) is 0. The van der Waals surface area contributed by atoms with E-state index in [9.17, 15) is 0 Å². The van der Waals surface area contributed by atoms with Crippen molar-refractivity contribution in [1.29, 1.82) is 0 Å². The maximum Gasteiger partial charge on any atom is 0.00725 e. The van der Waals surface area contributed by atoms with Gasteiger partial charge in [0.1, 0.15) is 0 Å². The van der Waals surface area contributed by atoms with E-state index in [0.717, 1.165) is 12.5 Å². The van der Waals surface area contributed by atoms with Gasteiger partial charge in [-0.25, -0.2) is 0 Å². The normalized spacial score (nSPS) is 13.0. The number of benzene rings is 1. The summed E-state index contributed by atoms with van der Waals surface area (Å²) in [6.45, 7) is 10.1. The SMILES string of the molecule is CCNC(CCc1ccccc1C)CC(C)C. The third kappa shape index (κ3) is 5.36. The smallest absolute Gasteiger partial charge is 0.00725 e. The van der Waals surface area contributed by atoms with E-state index in [2.05, 4.69) is 57.3 Å². The van der Waals surface area contributed by atoms with Crippen molar-refractivity contribution in [3.05, 3.63) is 35.4 Å². The van der Waals surface area contributed by atoms with Crippen molar-refractivity contribution in [2.24, 2.45) is 5.92 Å². The molecule has 0 aliphatic carbocycles. The second-order valence-corrected chi connectivity index (χ2v) is 5.35. The zero-order chi connectivity index (χ0) is 12.7. The molecule has 0 radical (unpaired) electrons. The predicted octanol–water partition coefficient (Wildman–Crippen LogP) is 3.95. The Hall–Kier alpha value is -0.820. The van der Waals surface area contributed by atoms with Crippen LogP contribution < -0.4 is 5.32 Å². The Bertz CT molecular complexity index is 317. The molecular weight excluding hydrogens is 206 g/mol. The molecule has 1 unspecified atom stereocenters. The Labute approximate surface area is 107 Å². The molecule has 1 heteroatoms. The Morgan fingerprint density at radius 2 is 1.88 bits per heavy atom. The molecule has 1 atom stereocenters. The number of aryl methyl sites for hydroxylation is 2. The lowest BCUT2D eigenvalue weighted by Crippen LogP contribution is -2.30. The quantitative estimate of drug-likeness (QED) is 0.752. The average Bonchev–Trinajstić information content (AvgIpc) is 2.27. The largest absolute Gasteiger partial charge is 0.314 e. The molecule has 0 fully saturated rings. The van der Waals surface area contributed by atoms with Gasteiger partial charge in [-0.2, -0.15) is 0 Å². The minimum absolute atomic E-state index is 0.666. The Morgan fingerprint density at radius 1 is 1.18 bits per heavy atom. The van der Waals surface area contributed by atoms with Crippen molar-refractivity contribution in [2.45, 2.75) is 53.0 Å². The molecule has 0 saturated carbocycles. The Kier molecular flexibility index (Phi) is 6.28. The van der Waals surface area contributed by atoms with E-state index in [1.54, 1.807) is 0 Å². The molecule has 1 N–H and O–H groups in total. The monoisotopic (exact) mass is 233 g/mol. The summed E-state index contributed by atoms with van der Waals surface area (Å²) < 4.78 is 0. The summed E-state index contributed by atoms with van der Waals surface area (Å²) >= 11 is 0. The summed E-state index contributed by atoms with van der Waals surface area (Å²) in [5, 5.41) is 3.60. The van der Waals surface area contributed by atoms with Crippen LogP contribution in [0.15, 0.2) is 24.3 Å². The van der Waals surface area contributed by atoms with Gasteiger partial charge in [0.25, 0.3) is 0 Å². The highest BCUT2D eigenvalue weighted by Gasteiger charge is 2.10. The van der Waals surface area contributed by atoms with Crippen LogP contribution in [0.5, 0.6) is 0 Å². The molecule has 0 aromatic heterocycles. The molecule has 0 bridgehead atoms. The lowest BCUT2D eigenvalue weighted by atomic mass is 9.96. The highest BCUT2D eigenvalue weighted by molar-refractivity contribution is 5.25. The third-order valence-corrected chi connectivity index (χ3v) is 3.27. The van der Waals surface area contributed by atoms with Gasteiger partial charge in [0.15, 0.2) is 0 Å². The van der Waals surface area contributed by atoms with Crippen LogP contribution in [0.3, 0.4) is 0 Å². The van der Waals surface area contributed by atoms with Crippen LogP contribution in [0.4, 0.5) is 0 Å². The second-order valence-electron chi connectivity index (χ2n) is 5.35. The van der Waals surface area contributed by atoms with Gasteiger partial charge < -0.3 is 5.32 Å². The number of rotatable bonds is 7. The van der Waals surface area contributed by atoms with Crippen LogP contribution in [0.25, 0.3) is 0 Å². The maximum absolute atomic E-state index is 3.60. The second kappa shape index (κ2) is 7.50. The van der Waals surface area contributed by atoms with E-state index in [1.807, 2.05) is 0 Å². The van der Waals surface area contributed by atoms with Gasteiger partial charge in [0, 0.05) is 6.04 Å². The van der Waals surface area contributed by atoms with Crippen LogP contribution in [0.2, 0.25) is 0 Å². The van der Waals surface area contributed by atoms with Crippen molar-refractivity contribution >= 4 is 0 Å². The van der Waals surface area contributed by atoms with Gasteiger partial charge in [0.2, 0.25) is 0 Å². The molecule has 1 aromatic carbocycles.